The summed E-state index contributed by atoms with van der Waals surface area (Å²) in [5, 5.41) is 10.9. The van der Waals surface area contributed by atoms with Gasteiger partial charge >= 0.3 is 5.97 Å². The molecule has 5 nitrogen and oxygen atoms in total. The Morgan fingerprint density at radius 2 is 1.85 bits per heavy atom. The lowest BCUT2D eigenvalue weighted by molar-refractivity contribution is 0.0694. The summed E-state index contributed by atoms with van der Waals surface area (Å²) in [5.74, 6) is -0.705. The topological polar surface area (TPSA) is 85.4 Å². The molecule has 0 spiro atoms. The van der Waals surface area contributed by atoms with Crippen molar-refractivity contribution in [1.29, 1.82) is 0 Å². The fourth-order valence-electron chi connectivity index (χ4n) is 2.66. The average Bonchev–Trinajstić information content (AvgIpc) is 2.60. The van der Waals surface area contributed by atoms with E-state index in [-0.39, 0.29) is 43.0 Å². The van der Waals surface area contributed by atoms with Crippen LogP contribution in [0, 0.1) is 0 Å². The molecule has 1 heterocycles. The molecule has 1 atom stereocenters. The highest BCUT2D eigenvalue weighted by atomic mass is 35.5. The second-order valence-electron chi connectivity index (χ2n) is 5.60. The first-order chi connectivity index (χ1) is 11.6. The molecule has 0 saturated carbocycles. The van der Waals surface area contributed by atoms with Crippen molar-refractivity contribution in [3.63, 3.8) is 0 Å². The molecule has 1 aromatic heterocycles. The van der Waals surface area contributed by atoms with E-state index in [1.54, 1.807) is 30.6 Å². The Hall–Kier alpha value is -2.34. The Morgan fingerprint density at radius 1 is 1.12 bits per heavy atom. The average molecular weight is 395 g/mol. The van der Waals surface area contributed by atoms with Crippen LogP contribution < -0.4 is 10.5 Å². The minimum Gasteiger partial charge on any atom is -0.491 e. The molecule has 0 aliphatic rings. The number of ether oxygens (including phenoxy) is 1. The number of hydrogen-bond donors (Lipinski definition) is 2. The van der Waals surface area contributed by atoms with E-state index in [1.807, 2.05) is 30.3 Å². The third kappa shape index (κ3) is 5.08. The first kappa shape index (κ1) is 21.7. The number of aromatic carboxylic acids is 1. The molecular formula is C19H20Cl2N2O3. The van der Waals surface area contributed by atoms with E-state index >= 15 is 0 Å². The molecule has 0 bridgehead atoms. The van der Waals surface area contributed by atoms with E-state index < -0.39 is 5.97 Å². The SMILES string of the molecule is Cl.Cl.NC(COc1ccc2cnccc2c1C(=O)O)Cc1ccccc1. The lowest BCUT2D eigenvalue weighted by atomic mass is 10.1. The molecule has 0 aliphatic heterocycles. The van der Waals surface area contributed by atoms with Gasteiger partial charge in [-0.05, 0) is 30.2 Å². The largest absolute Gasteiger partial charge is 0.491 e. The summed E-state index contributed by atoms with van der Waals surface area (Å²) in [7, 11) is 0. The van der Waals surface area contributed by atoms with E-state index in [0.717, 1.165) is 10.9 Å². The Bertz CT molecular complexity index is 860. The van der Waals surface area contributed by atoms with Crippen LogP contribution in [0.5, 0.6) is 5.75 Å². The van der Waals surface area contributed by atoms with E-state index in [4.69, 9.17) is 10.5 Å². The number of nitrogens with zero attached hydrogens (tertiary/aromatic N) is 1. The van der Waals surface area contributed by atoms with Crippen molar-refractivity contribution >= 4 is 41.6 Å². The highest BCUT2D eigenvalue weighted by Gasteiger charge is 2.16. The van der Waals surface area contributed by atoms with Crippen molar-refractivity contribution in [2.24, 2.45) is 5.73 Å². The predicted octanol–water partition coefficient (Wildman–Crippen LogP) is 3.73. The van der Waals surface area contributed by atoms with Gasteiger partial charge in [0.25, 0.3) is 0 Å². The summed E-state index contributed by atoms with van der Waals surface area (Å²) >= 11 is 0. The van der Waals surface area contributed by atoms with Crippen molar-refractivity contribution in [3.05, 3.63) is 72.1 Å². The van der Waals surface area contributed by atoms with Gasteiger partial charge in [0.1, 0.15) is 17.9 Å². The van der Waals surface area contributed by atoms with Crippen LogP contribution in [0.2, 0.25) is 0 Å². The number of fused-ring (bicyclic) bond motifs is 1. The van der Waals surface area contributed by atoms with Crippen molar-refractivity contribution in [1.82, 2.24) is 4.98 Å². The number of nitrogens with two attached hydrogens (primary N) is 1. The number of benzene rings is 2. The minimum absolute atomic E-state index is 0. The molecule has 0 fully saturated rings. The first-order valence-electron chi connectivity index (χ1n) is 7.67. The quantitative estimate of drug-likeness (QED) is 0.665. The van der Waals surface area contributed by atoms with E-state index in [0.29, 0.717) is 17.6 Å². The normalized spacial score (nSPS) is 11.1. The Balaban J connectivity index is 0.00000169. The van der Waals surface area contributed by atoms with Gasteiger partial charge in [-0.1, -0.05) is 30.3 Å². The minimum atomic E-state index is -1.03. The maximum Gasteiger partial charge on any atom is 0.340 e. The second kappa shape index (κ2) is 9.97. The summed E-state index contributed by atoms with van der Waals surface area (Å²) < 4.78 is 5.71. The molecule has 2 aromatic carbocycles. The van der Waals surface area contributed by atoms with Crippen LogP contribution in [-0.2, 0) is 6.42 Å². The van der Waals surface area contributed by atoms with Gasteiger partial charge in [-0.15, -0.1) is 24.8 Å². The fraction of sp³-hybridized carbons (Fsp3) is 0.158. The first-order valence-corrected chi connectivity index (χ1v) is 7.67. The van der Waals surface area contributed by atoms with Gasteiger partial charge in [0.05, 0.1) is 0 Å². The predicted molar refractivity (Wildman–Crippen MR) is 107 cm³/mol. The number of carboxylic acid groups (broad SMARTS) is 1. The second-order valence-corrected chi connectivity index (χ2v) is 5.60. The van der Waals surface area contributed by atoms with Crippen LogP contribution in [0.15, 0.2) is 60.9 Å². The zero-order chi connectivity index (χ0) is 16.9. The van der Waals surface area contributed by atoms with E-state index in [9.17, 15) is 9.90 Å². The van der Waals surface area contributed by atoms with Crippen LogP contribution in [0.3, 0.4) is 0 Å². The molecule has 0 saturated heterocycles. The molecule has 3 aromatic rings. The molecule has 3 N–H and O–H groups in total. The van der Waals surface area contributed by atoms with Crippen molar-refractivity contribution < 1.29 is 14.6 Å². The van der Waals surface area contributed by atoms with Crippen LogP contribution in [0.4, 0.5) is 0 Å². The van der Waals surface area contributed by atoms with Gasteiger partial charge < -0.3 is 15.6 Å². The fourth-order valence-corrected chi connectivity index (χ4v) is 2.66. The van der Waals surface area contributed by atoms with Gasteiger partial charge in [0.2, 0.25) is 0 Å². The number of rotatable bonds is 6. The van der Waals surface area contributed by atoms with E-state index in [1.165, 1.54) is 0 Å². The number of carboxylic acids is 1. The Labute approximate surface area is 164 Å². The molecule has 26 heavy (non-hydrogen) atoms. The van der Waals surface area contributed by atoms with Gasteiger partial charge in [0, 0.05) is 29.2 Å². The third-order valence-electron chi connectivity index (χ3n) is 3.79. The molecule has 0 aliphatic carbocycles. The number of pyridine rings is 1. The van der Waals surface area contributed by atoms with Gasteiger partial charge in [-0.3, -0.25) is 4.98 Å². The molecule has 0 radical (unpaired) electrons. The monoisotopic (exact) mass is 394 g/mol. The van der Waals surface area contributed by atoms with Gasteiger partial charge in [-0.25, -0.2) is 4.79 Å². The smallest absolute Gasteiger partial charge is 0.340 e. The summed E-state index contributed by atoms with van der Waals surface area (Å²) in [5.41, 5.74) is 7.37. The third-order valence-corrected chi connectivity index (χ3v) is 3.79. The maximum absolute atomic E-state index is 11.6. The maximum atomic E-state index is 11.6. The van der Waals surface area contributed by atoms with Crippen molar-refractivity contribution in [3.8, 4) is 5.75 Å². The zero-order valence-electron chi connectivity index (χ0n) is 13.9. The number of halogens is 2. The van der Waals surface area contributed by atoms with Gasteiger partial charge in [0.15, 0.2) is 0 Å². The molecule has 0 amide bonds. The number of aromatic nitrogens is 1. The van der Waals surface area contributed by atoms with Crippen LogP contribution in [0.25, 0.3) is 10.8 Å². The summed E-state index contributed by atoms with van der Waals surface area (Å²) in [6, 6.07) is 14.8. The summed E-state index contributed by atoms with van der Waals surface area (Å²) in [6.07, 6.45) is 3.87. The van der Waals surface area contributed by atoms with Crippen LogP contribution in [-0.4, -0.2) is 28.7 Å². The number of carbonyl (C=O) groups is 1. The number of hydrogen-bond acceptors (Lipinski definition) is 4. The summed E-state index contributed by atoms with van der Waals surface area (Å²) in [6.45, 7) is 0.242. The zero-order valence-corrected chi connectivity index (χ0v) is 15.5. The van der Waals surface area contributed by atoms with Crippen LogP contribution >= 0.6 is 24.8 Å². The Morgan fingerprint density at radius 3 is 2.54 bits per heavy atom. The molecule has 3 rings (SSSR count). The highest BCUT2D eigenvalue weighted by Crippen LogP contribution is 2.27. The molecule has 1 unspecified atom stereocenters. The van der Waals surface area contributed by atoms with Crippen molar-refractivity contribution in [2.75, 3.05) is 6.61 Å². The summed E-state index contributed by atoms with van der Waals surface area (Å²) in [4.78, 5) is 15.7. The molecule has 7 heteroatoms. The van der Waals surface area contributed by atoms with Crippen LogP contribution in [0.1, 0.15) is 15.9 Å². The lowest BCUT2D eigenvalue weighted by Gasteiger charge is -2.15. The van der Waals surface area contributed by atoms with Crippen molar-refractivity contribution in [2.45, 2.75) is 12.5 Å². The lowest BCUT2D eigenvalue weighted by Crippen LogP contribution is -2.30. The standard InChI is InChI=1S/C19H18N2O3.2ClH/c20-15(10-13-4-2-1-3-5-13)12-24-17-7-6-14-11-21-9-8-16(14)18(17)19(22)23;;/h1-9,11,15H,10,12,20H2,(H,22,23);2*1H. The van der Waals surface area contributed by atoms with E-state index in [2.05, 4.69) is 4.98 Å². The molecule has 138 valence electrons. The van der Waals surface area contributed by atoms with Gasteiger partial charge in [-0.2, -0.15) is 0 Å². The highest BCUT2D eigenvalue weighted by molar-refractivity contribution is 6.06. The molecular weight excluding hydrogens is 375 g/mol. The Kier molecular flexibility index (Phi) is 8.32.